The van der Waals surface area contributed by atoms with Gasteiger partial charge in [-0.25, -0.2) is 8.42 Å². The van der Waals surface area contributed by atoms with Gasteiger partial charge in [0.25, 0.3) is 0 Å². The molecule has 0 unspecified atom stereocenters. The fourth-order valence-electron chi connectivity index (χ4n) is 4.38. The van der Waals surface area contributed by atoms with Gasteiger partial charge < -0.3 is 21.3 Å². The lowest BCUT2D eigenvalue weighted by Gasteiger charge is -2.33. The Bertz CT molecular complexity index is 1230. The molecule has 36 heavy (non-hydrogen) atoms. The van der Waals surface area contributed by atoms with Crippen LogP contribution in [-0.2, 0) is 19.6 Å². The molecular weight excluding hydrogens is 480 g/mol. The zero-order valence-corrected chi connectivity index (χ0v) is 21.9. The van der Waals surface area contributed by atoms with Gasteiger partial charge >= 0.3 is 0 Å². The third kappa shape index (κ3) is 6.94. The molecule has 1 heterocycles. The molecule has 5 N–H and O–H groups in total. The minimum Gasteiger partial charge on any atom is -0.378 e. The molecule has 1 aliphatic rings. The number of hydrogen-bond donors (Lipinski definition) is 3. The van der Waals surface area contributed by atoms with Crippen molar-refractivity contribution in [3.63, 3.8) is 0 Å². The summed E-state index contributed by atoms with van der Waals surface area (Å²) in [6.07, 6.45) is 1.81. The number of ketones is 1. The molecule has 2 aromatic carbocycles. The summed E-state index contributed by atoms with van der Waals surface area (Å²) in [4.78, 5) is 32.7. The van der Waals surface area contributed by atoms with Crippen LogP contribution < -0.4 is 21.1 Å². The number of anilines is 1. The van der Waals surface area contributed by atoms with E-state index in [2.05, 4.69) is 9.71 Å². The lowest BCUT2D eigenvalue weighted by atomic mass is 9.93. The maximum atomic E-state index is 13.3. The number of fused-ring (bicyclic) bond motifs is 1. The van der Waals surface area contributed by atoms with Crippen molar-refractivity contribution in [3.05, 3.63) is 36.4 Å². The quantitative estimate of drug-likeness (QED) is 0.245. The van der Waals surface area contributed by atoms with E-state index in [9.17, 15) is 18.0 Å². The maximum Gasteiger partial charge on any atom is 0.241 e. The van der Waals surface area contributed by atoms with Crippen molar-refractivity contribution < 1.29 is 18.0 Å². The molecule has 0 aromatic heterocycles. The first-order chi connectivity index (χ1) is 17.0. The summed E-state index contributed by atoms with van der Waals surface area (Å²) in [6, 6.07) is 9.73. The van der Waals surface area contributed by atoms with E-state index in [1.54, 1.807) is 30.0 Å². The van der Waals surface area contributed by atoms with Gasteiger partial charge in [0.2, 0.25) is 15.9 Å². The summed E-state index contributed by atoms with van der Waals surface area (Å²) in [5, 5.41) is 1.70. The Labute approximate surface area is 212 Å². The van der Waals surface area contributed by atoms with Crippen molar-refractivity contribution in [2.75, 3.05) is 38.6 Å². The average Bonchev–Trinajstić information content (AvgIpc) is 2.84. The Hall–Kier alpha value is -3.18. The lowest BCUT2D eigenvalue weighted by molar-refractivity contribution is -0.136. The molecule has 0 spiro atoms. The zero-order chi connectivity index (χ0) is 26.5. The molecule has 1 fully saturated rings. The number of carbonyl (C=O) groups is 2. The number of amides is 1. The second-order valence-corrected chi connectivity index (χ2v) is 11.1. The average molecular weight is 517 g/mol. The van der Waals surface area contributed by atoms with Crippen molar-refractivity contribution in [2.24, 2.45) is 22.4 Å². The number of benzene rings is 2. The van der Waals surface area contributed by atoms with E-state index in [1.165, 1.54) is 0 Å². The van der Waals surface area contributed by atoms with Crippen molar-refractivity contribution in [2.45, 2.75) is 43.5 Å². The van der Waals surface area contributed by atoms with Crippen LogP contribution >= 0.6 is 0 Å². The predicted octanol–water partition coefficient (Wildman–Crippen LogP) is 1.43. The van der Waals surface area contributed by atoms with Crippen LogP contribution in [0.4, 0.5) is 5.69 Å². The van der Waals surface area contributed by atoms with Crippen LogP contribution in [0.5, 0.6) is 0 Å². The highest BCUT2D eigenvalue weighted by Gasteiger charge is 2.32. The van der Waals surface area contributed by atoms with Gasteiger partial charge in [0.15, 0.2) is 5.96 Å². The van der Waals surface area contributed by atoms with E-state index in [4.69, 9.17) is 11.5 Å². The Morgan fingerprint density at radius 3 is 2.36 bits per heavy atom. The molecular formula is C25H36N6O4S. The number of rotatable bonds is 10. The van der Waals surface area contributed by atoms with E-state index in [-0.39, 0.29) is 41.4 Å². The number of hydrogen-bond acceptors (Lipinski definition) is 6. The molecule has 1 atom stereocenters. The Morgan fingerprint density at radius 1 is 1.11 bits per heavy atom. The van der Waals surface area contributed by atoms with Crippen LogP contribution in [0.25, 0.3) is 10.8 Å². The zero-order valence-electron chi connectivity index (χ0n) is 21.1. The van der Waals surface area contributed by atoms with Crippen LogP contribution in [0.3, 0.4) is 0 Å². The van der Waals surface area contributed by atoms with Crippen molar-refractivity contribution in [1.29, 1.82) is 0 Å². The first-order valence-electron chi connectivity index (χ1n) is 12.1. The molecule has 0 bridgehead atoms. The monoisotopic (exact) mass is 516 g/mol. The number of nitrogens with one attached hydrogen (secondary N) is 1. The van der Waals surface area contributed by atoms with Gasteiger partial charge in [0.1, 0.15) is 11.8 Å². The normalized spacial score (nSPS) is 15.5. The van der Waals surface area contributed by atoms with E-state index < -0.39 is 16.1 Å². The highest BCUT2D eigenvalue weighted by atomic mass is 32.2. The van der Waals surface area contributed by atoms with Crippen LogP contribution in [0.2, 0.25) is 0 Å². The number of sulfonamides is 1. The van der Waals surface area contributed by atoms with Crippen LogP contribution in [-0.4, -0.2) is 70.7 Å². The first-order valence-corrected chi connectivity index (χ1v) is 13.5. The fourth-order valence-corrected chi connectivity index (χ4v) is 5.63. The number of carbonyl (C=O) groups excluding carboxylic acids is 2. The Kier molecular flexibility index (Phi) is 8.91. The number of guanidine groups is 1. The van der Waals surface area contributed by atoms with Crippen LogP contribution in [0.1, 0.15) is 32.6 Å². The third-order valence-electron chi connectivity index (χ3n) is 6.54. The van der Waals surface area contributed by atoms with E-state index in [0.29, 0.717) is 32.4 Å². The first kappa shape index (κ1) is 27.4. The summed E-state index contributed by atoms with van der Waals surface area (Å²) < 4.78 is 29.3. The van der Waals surface area contributed by atoms with Crippen LogP contribution in [0, 0.1) is 5.92 Å². The number of nitrogens with zero attached hydrogens (tertiary/aromatic N) is 3. The second-order valence-electron chi connectivity index (χ2n) is 9.42. The summed E-state index contributed by atoms with van der Waals surface area (Å²) in [5.74, 6) is -0.303. The van der Waals surface area contributed by atoms with E-state index >= 15 is 0 Å². The smallest absolute Gasteiger partial charge is 0.241 e. The van der Waals surface area contributed by atoms with Crippen molar-refractivity contribution >= 4 is 44.1 Å². The van der Waals surface area contributed by atoms with Gasteiger partial charge in [0, 0.05) is 45.3 Å². The van der Waals surface area contributed by atoms with Crippen molar-refractivity contribution in [3.8, 4) is 0 Å². The lowest BCUT2D eigenvalue weighted by Crippen LogP contribution is -2.51. The van der Waals surface area contributed by atoms with Gasteiger partial charge in [-0.3, -0.25) is 14.6 Å². The topological polar surface area (TPSA) is 151 Å². The SMILES string of the molecule is CC(=O)C1CCN(C(=O)[C@H](CCCN=C(N)N)NS(=O)(=O)c2ccc3cc(N(C)C)ccc3c2)CC1. The minimum absolute atomic E-state index is 0.0571. The molecule has 0 saturated carbocycles. The minimum atomic E-state index is -3.99. The van der Waals surface area contributed by atoms with Crippen LogP contribution in [0.15, 0.2) is 46.3 Å². The Balaban J connectivity index is 1.80. The van der Waals surface area contributed by atoms with Gasteiger partial charge in [-0.1, -0.05) is 12.1 Å². The molecule has 0 aliphatic carbocycles. The predicted molar refractivity (Wildman–Crippen MR) is 142 cm³/mol. The molecule has 196 valence electrons. The summed E-state index contributed by atoms with van der Waals surface area (Å²) in [7, 11) is -0.103. The second kappa shape index (κ2) is 11.7. The number of likely N-dealkylation sites (tertiary alicyclic amines) is 1. The highest BCUT2D eigenvalue weighted by molar-refractivity contribution is 7.89. The summed E-state index contributed by atoms with van der Waals surface area (Å²) in [6.45, 7) is 2.68. The number of piperidine rings is 1. The van der Waals surface area contributed by atoms with E-state index in [1.807, 2.05) is 37.2 Å². The molecule has 2 aromatic rings. The van der Waals surface area contributed by atoms with Crippen molar-refractivity contribution in [1.82, 2.24) is 9.62 Å². The van der Waals surface area contributed by atoms with Gasteiger partial charge in [-0.2, -0.15) is 4.72 Å². The molecule has 1 amide bonds. The standard InChI is InChI=1S/C25H36N6O4S/c1-17(32)18-10-13-31(14-11-18)24(33)23(5-4-12-28-25(26)27)29-36(34,35)22-9-7-19-15-21(30(2)3)8-6-20(19)16-22/h6-9,15-16,18,23,29H,4-5,10-14H2,1-3H3,(H4,26,27,28)/t23-/m0/s1. The third-order valence-corrected chi connectivity index (χ3v) is 8.01. The molecule has 10 nitrogen and oxygen atoms in total. The summed E-state index contributed by atoms with van der Waals surface area (Å²) >= 11 is 0. The number of Topliss-reactive ketones (excluding diaryl/α,β-unsaturated/α-hetero) is 1. The molecule has 1 aliphatic heterocycles. The largest absolute Gasteiger partial charge is 0.378 e. The number of nitrogens with two attached hydrogens (primary N) is 2. The van der Waals surface area contributed by atoms with Gasteiger partial charge in [0.05, 0.1) is 4.90 Å². The summed E-state index contributed by atoms with van der Waals surface area (Å²) in [5.41, 5.74) is 11.8. The molecule has 11 heteroatoms. The highest BCUT2D eigenvalue weighted by Crippen LogP contribution is 2.25. The van der Waals surface area contributed by atoms with E-state index in [0.717, 1.165) is 16.5 Å². The van der Waals surface area contributed by atoms with Gasteiger partial charge in [-0.15, -0.1) is 0 Å². The molecule has 0 radical (unpaired) electrons. The number of aliphatic imine (C=N–C) groups is 1. The molecule has 1 saturated heterocycles. The maximum absolute atomic E-state index is 13.3. The van der Waals surface area contributed by atoms with Gasteiger partial charge in [-0.05, 0) is 67.6 Å². The fraction of sp³-hybridized carbons (Fsp3) is 0.480. The Morgan fingerprint density at radius 2 is 1.75 bits per heavy atom. The molecule has 3 rings (SSSR count).